The molecule has 1 unspecified atom stereocenters. The average molecular weight is 212 g/mol. The van der Waals surface area contributed by atoms with Gasteiger partial charge < -0.3 is 20.6 Å². The van der Waals surface area contributed by atoms with Crippen LogP contribution in [0.2, 0.25) is 0 Å². The van der Waals surface area contributed by atoms with Crippen LogP contribution in [0.15, 0.2) is 16.5 Å². The van der Waals surface area contributed by atoms with E-state index in [4.69, 9.17) is 15.3 Å². The zero-order valence-corrected chi connectivity index (χ0v) is 8.69. The number of nitrogens with one attached hydrogen (secondary N) is 1. The summed E-state index contributed by atoms with van der Waals surface area (Å²) in [5.74, 6) is 1.22. The normalized spacial score (nSPS) is 12.5. The van der Waals surface area contributed by atoms with Crippen molar-refractivity contribution in [2.45, 2.75) is 19.4 Å². The molecule has 0 fully saturated rings. The molecule has 0 radical (unpaired) electrons. The van der Waals surface area contributed by atoms with Gasteiger partial charge in [-0.25, -0.2) is 0 Å². The van der Waals surface area contributed by atoms with E-state index in [9.17, 15) is 4.79 Å². The number of amides is 1. The van der Waals surface area contributed by atoms with Crippen LogP contribution in [0.4, 0.5) is 0 Å². The molecule has 0 aliphatic rings. The fraction of sp³-hybridized carbons (Fsp3) is 0.500. The lowest BCUT2D eigenvalue weighted by molar-refractivity contribution is -0.128. The van der Waals surface area contributed by atoms with E-state index >= 15 is 0 Å². The van der Waals surface area contributed by atoms with Gasteiger partial charge in [0.05, 0.1) is 0 Å². The van der Waals surface area contributed by atoms with E-state index in [-0.39, 0.29) is 6.54 Å². The second-order valence-electron chi connectivity index (χ2n) is 3.30. The largest absolute Gasteiger partial charge is 0.466 e. The number of rotatable bonds is 5. The van der Waals surface area contributed by atoms with Gasteiger partial charge in [0.15, 0.2) is 0 Å². The van der Waals surface area contributed by atoms with Crippen LogP contribution in [0.1, 0.15) is 11.5 Å². The number of aryl methyl sites for hydroxylation is 1. The van der Waals surface area contributed by atoms with Crippen molar-refractivity contribution in [1.82, 2.24) is 5.32 Å². The summed E-state index contributed by atoms with van der Waals surface area (Å²) in [6, 6.07) is 3.73. The molecule has 0 saturated carbocycles. The van der Waals surface area contributed by atoms with Crippen molar-refractivity contribution in [3.05, 3.63) is 23.7 Å². The first kappa shape index (κ1) is 11.7. The molecular weight excluding hydrogens is 196 g/mol. The van der Waals surface area contributed by atoms with Crippen LogP contribution in [-0.2, 0) is 11.2 Å². The average Bonchev–Trinajstić information content (AvgIpc) is 2.63. The second-order valence-corrected chi connectivity index (χ2v) is 3.30. The number of nitrogens with two attached hydrogens (primary N) is 1. The summed E-state index contributed by atoms with van der Waals surface area (Å²) in [6.07, 6.45) is -0.514. The van der Waals surface area contributed by atoms with Crippen molar-refractivity contribution in [2.75, 3.05) is 13.1 Å². The first-order valence-corrected chi connectivity index (χ1v) is 4.84. The number of hydrogen-bond acceptors (Lipinski definition) is 4. The minimum absolute atomic E-state index is 0.0638. The second kappa shape index (κ2) is 5.53. The van der Waals surface area contributed by atoms with Gasteiger partial charge in [-0.3, -0.25) is 4.79 Å². The lowest BCUT2D eigenvalue weighted by Gasteiger charge is -2.07. The molecule has 1 heterocycles. The van der Waals surface area contributed by atoms with Gasteiger partial charge in [-0.05, 0) is 19.1 Å². The zero-order chi connectivity index (χ0) is 11.3. The van der Waals surface area contributed by atoms with Gasteiger partial charge in [0.25, 0.3) is 0 Å². The topological polar surface area (TPSA) is 88.5 Å². The molecule has 1 atom stereocenters. The molecule has 0 bridgehead atoms. The fourth-order valence-corrected chi connectivity index (χ4v) is 1.15. The lowest BCUT2D eigenvalue weighted by Crippen LogP contribution is -2.39. The molecule has 5 nitrogen and oxygen atoms in total. The van der Waals surface area contributed by atoms with Crippen molar-refractivity contribution in [3.63, 3.8) is 0 Å². The molecule has 4 N–H and O–H groups in total. The van der Waals surface area contributed by atoms with E-state index in [0.717, 1.165) is 11.5 Å². The van der Waals surface area contributed by atoms with Crippen molar-refractivity contribution in [1.29, 1.82) is 0 Å². The van der Waals surface area contributed by atoms with Gasteiger partial charge in [0, 0.05) is 19.5 Å². The Morgan fingerprint density at radius 1 is 1.67 bits per heavy atom. The summed E-state index contributed by atoms with van der Waals surface area (Å²) < 4.78 is 5.31. The number of aliphatic hydroxyl groups excluding tert-OH is 1. The SMILES string of the molecule is Cc1ccc(CCNC(=O)C(O)CN)o1. The van der Waals surface area contributed by atoms with Crippen LogP contribution < -0.4 is 11.1 Å². The maximum Gasteiger partial charge on any atom is 0.250 e. The van der Waals surface area contributed by atoms with Crippen LogP contribution in [-0.4, -0.2) is 30.2 Å². The van der Waals surface area contributed by atoms with Crippen molar-refractivity contribution < 1.29 is 14.3 Å². The number of carbonyl (C=O) groups is 1. The van der Waals surface area contributed by atoms with Gasteiger partial charge in [0.1, 0.15) is 17.6 Å². The standard InChI is InChI=1S/C10H16N2O3/c1-7-2-3-8(15-7)4-5-12-10(14)9(13)6-11/h2-3,9,13H,4-6,11H2,1H3,(H,12,14). The fourth-order valence-electron chi connectivity index (χ4n) is 1.15. The Hall–Kier alpha value is -1.33. The van der Waals surface area contributed by atoms with Crippen LogP contribution >= 0.6 is 0 Å². The van der Waals surface area contributed by atoms with E-state index in [2.05, 4.69) is 5.32 Å². The molecule has 1 rings (SSSR count). The summed E-state index contributed by atoms with van der Waals surface area (Å²) >= 11 is 0. The predicted octanol–water partition coefficient (Wildman–Crippen LogP) is -0.434. The summed E-state index contributed by atoms with van der Waals surface area (Å²) in [5, 5.41) is 11.6. The van der Waals surface area contributed by atoms with E-state index in [1.165, 1.54) is 0 Å². The minimum atomic E-state index is -1.12. The molecule has 0 aromatic carbocycles. The van der Waals surface area contributed by atoms with E-state index in [1.54, 1.807) is 0 Å². The molecule has 84 valence electrons. The molecule has 0 spiro atoms. The summed E-state index contributed by atoms with van der Waals surface area (Å²) in [4.78, 5) is 11.1. The summed E-state index contributed by atoms with van der Waals surface area (Å²) in [5.41, 5.74) is 5.13. The van der Waals surface area contributed by atoms with Crippen LogP contribution in [0.3, 0.4) is 0 Å². The molecule has 1 aromatic heterocycles. The zero-order valence-electron chi connectivity index (χ0n) is 8.69. The smallest absolute Gasteiger partial charge is 0.250 e. The Morgan fingerprint density at radius 3 is 2.93 bits per heavy atom. The first-order chi connectivity index (χ1) is 7.13. The molecule has 5 heteroatoms. The number of hydrogen-bond donors (Lipinski definition) is 3. The third-order valence-electron chi connectivity index (χ3n) is 1.99. The maximum atomic E-state index is 11.1. The number of furan rings is 1. The quantitative estimate of drug-likeness (QED) is 0.617. The molecule has 0 aliphatic carbocycles. The van der Waals surface area contributed by atoms with Crippen molar-refractivity contribution >= 4 is 5.91 Å². The van der Waals surface area contributed by atoms with Gasteiger partial charge in [0.2, 0.25) is 5.91 Å². The van der Waals surface area contributed by atoms with Gasteiger partial charge in [-0.1, -0.05) is 0 Å². The van der Waals surface area contributed by atoms with Crippen LogP contribution in [0.5, 0.6) is 0 Å². The number of carbonyl (C=O) groups excluding carboxylic acids is 1. The molecule has 0 aliphatic heterocycles. The highest BCUT2D eigenvalue weighted by molar-refractivity contribution is 5.80. The van der Waals surface area contributed by atoms with E-state index in [0.29, 0.717) is 13.0 Å². The minimum Gasteiger partial charge on any atom is -0.466 e. The highest BCUT2D eigenvalue weighted by Gasteiger charge is 2.11. The molecule has 0 saturated heterocycles. The molecule has 1 aromatic rings. The molecular formula is C10H16N2O3. The Labute approximate surface area is 88.3 Å². The summed E-state index contributed by atoms with van der Waals surface area (Å²) in [6.45, 7) is 2.23. The summed E-state index contributed by atoms with van der Waals surface area (Å²) in [7, 11) is 0. The monoisotopic (exact) mass is 212 g/mol. The van der Waals surface area contributed by atoms with Crippen molar-refractivity contribution in [3.8, 4) is 0 Å². The first-order valence-electron chi connectivity index (χ1n) is 4.84. The Balaban J connectivity index is 2.24. The highest BCUT2D eigenvalue weighted by atomic mass is 16.3. The van der Waals surface area contributed by atoms with Gasteiger partial charge in [-0.2, -0.15) is 0 Å². The van der Waals surface area contributed by atoms with Gasteiger partial charge in [-0.15, -0.1) is 0 Å². The van der Waals surface area contributed by atoms with Crippen molar-refractivity contribution in [2.24, 2.45) is 5.73 Å². The van der Waals surface area contributed by atoms with E-state index < -0.39 is 12.0 Å². The third-order valence-corrected chi connectivity index (χ3v) is 1.99. The number of aliphatic hydroxyl groups is 1. The Kier molecular flexibility index (Phi) is 4.33. The lowest BCUT2D eigenvalue weighted by atomic mass is 10.3. The van der Waals surface area contributed by atoms with Crippen LogP contribution in [0.25, 0.3) is 0 Å². The third kappa shape index (κ3) is 3.73. The van der Waals surface area contributed by atoms with Gasteiger partial charge >= 0.3 is 0 Å². The maximum absolute atomic E-state index is 11.1. The molecule has 15 heavy (non-hydrogen) atoms. The Morgan fingerprint density at radius 2 is 2.40 bits per heavy atom. The molecule has 1 amide bonds. The predicted molar refractivity (Wildman–Crippen MR) is 55.2 cm³/mol. The van der Waals surface area contributed by atoms with E-state index in [1.807, 2.05) is 19.1 Å². The Bertz CT molecular complexity index is 322. The van der Waals surface area contributed by atoms with Crippen LogP contribution in [0, 0.1) is 6.92 Å². The highest BCUT2D eigenvalue weighted by Crippen LogP contribution is 2.05.